The number of piperidine rings is 1. The van der Waals surface area contributed by atoms with Gasteiger partial charge in [0.05, 0.1) is 6.20 Å². The maximum atomic E-state index is 14.5. The van der Waals surface area contributed by atoms with Crippen LogP contribution in [-0.2, 0) is 21.7 Å². The van der Waals surface area contributed by atoms with Crippen molar-refractivity contribution in [2.45, 2.75) is 50.7 Å². The van der Waals surface area contributed by atoms with E-state index in [1.807, 2.05) is 11.1 Å². The number of benzene rings is 1. The molecule has 1 aromatic heterocycles. The topological polar surface area (TPSA) is 61.5 Å². The summed E-state index contributed by atoms with van der Waals surface area (Å²) in [5, 5.41) is 7.50. The quantitative estimate of drug-likeness (QED) is 0.787. The summed E-state index contributed by atoms with van der Waals surface area (Å²) in [5.41, 5.74) is 1.28. The van der Waals surface area contributed by atoms with Crippen molar-refractivity contribution in [1.82, 2.24) is 20.0 Å². The number of ether oxygens (including phenoxy) is 1. The Morgan fingerprint density at radius 1 is 1.27 bits per heavy atom. The highest BCUT2D eigenvalue weighted by Gasteiger charge is 2.42. The van der Waals surface area contributed by atoms with Gasteiger partial charge in [0.2, 0.25) is 0 Å². The van der Waals surface area contributed by atoms with Gasteiger partial charge in [0.15, 0.2) is 5.60 Å². The molecular formula is C23H31FN4O2. The van der Waals surface area contributed by atoms with Crippen molar-refractivity contribution in [1.29, 1.82) is 0 Å². The number of nitrogens with zero attached hydrogens (tertiary/aromatic N) is 3. The zero-order valence-corrected chi connectivity index (χ0v) is 17.9. The molecule has 2 atom stereocenters. The van der Waals surface area contributed by atoms with Crippen molar-refractivity contribution in [3.8, 4) is 0 Å². The van der Waals surface area contributed by atoms with Gasteiger partial charge in [-0.05, 0) is 51.8 Å². The van der Waals surface area contributed by atoms with Gasteiger partial charge < -0.3 is 9.64 Å². The molecule has 0 saturated carbocycles. The molecule has 1 amide bonds. The molecule has 1 aromatic carbocycles. The number of likely N-dealkylation sites (tertiary alicyclic amines) is 2. The molecule has 7 heteroatoms. The van der Waals surface area contributed by atoms with Crippen LogP contribution in [-0.4, -0.2) is 59.2 Å². The summed E-state index contributed by atoms with van der Waals surface area (Å²) in [6.45, 7) is 6.07. The van der Waals surface area contributed by atoms with E-state index in [9.17, 15) is 9.18 Å². The highest BCUT2D eigenvalue weighted by atomic mass is 19.1. The van der Waals surface area contributed by atoms with Gasteiger partial charge in [-0.25, -0.2) is 4.39 Å². The van der Waals surface area contributed by atoms with Gasteiger partial charge in [0.1, 0.15) is 5.82 Å². The van der Waals surface area contributed by atoms with Crippen LogP contribution in [0.2, 0.25) is 0 Å². The summed E-state index contributed by atoms with van der Waals surface area (Å²) in [6.07, 6.45) is 6.33. The SMILES string of the molecule is CO[C@](C)(C(=O)N1CCC[C@H](c2[nH]ncc2CN2CCCC2)C1)c1ccccc1F. The van der Waals surface area contributed by atoms with E-state index in [2.05, 4.69) is 15.1 Å². The average molecular weight is 415 g/mol. The molecule has 6 nitrogen and oxygen atoms in total. The van der Waals surface area contributed by atoms with E-state index >= 15 is 0 Å². The van der Waals surface area contributed by atoms with Crippen LogP contribution in [0.15, 0.2) is 30.5 Å². The Balaban J connectivity index is 1.52. The minimum Gasteiger partial charge on any atom is -0.364 e. The third kappa shape index (κ3) is 4.01. The molecule has 2 saturated heterocycles. The molecular weight excluding hydrogens is 383 g/mol. The van der Waals surface area contributed by atoms with E-state index in [1.54, 1.807) is 25.1 Å². The van der Waals surface area contributed by atoms with Crippen molar-refractivity contribution in [3.63, 3.8) is 0 Å². The lowest BCUT2D eigenvalue weighted by molar-refractivity contribution is -0.156. The van der Waals surface area contributed by atoms with Crippen molar-refractivity contribution < 1.29 is 13.9 Å². The molecule has 1 N–H and O–H groups in total. The third-order valence-electron chi connectivity index (χ3n) is 6.67. The van der Waals surface area contributed by atoms with Gasteiger partial charge in [0.25, 0.3) is 5.91 Å². The lowest BCUT2D eigenvalue weighted by Crippen LogP contribution is -2.50. The van der Waals surface area contributed by atoms with Crippen LogP contribution >= 0.6 is 0 Å². The number of halogens is 1. The Bertz CT molecular complexity index is 880. The smallest absolute Gasteiger partial charge is 0.259 e. The van der Waals surface area contributed by atoms with E-state index in [1.165, 1.54) is 31.6 Å². The van der Waals surface area contributed by atoms with Crippen LogP contribution < -0.4 is 0 Å². The van der Waals surface area contributed by atoms with Crippen LogP contribution in [0.5, 0.6) is 0 Å². The Morgan fingerprint density at radius 3 is 2.77 bits per heavy atom. The minimum atomic E-state index is -1.35. The molecule has 0 aliphatic carbocycles. The standard InChI is InChI=1S/C23H31FN4O2/c1-23(30-2,19-9-3-4-10-20(19)24)22(29)28-13-7-8-17(16-28)21-18(14-25-26-21)15-27-11-5-6-12-27/h3-4,9-10,14,17H,5-8,11-13,15-16H2,1-2H3,(H,25,26)/t17-,23-/m0/s1. The first-order valence-electron chi connectivity index (χ1n) is 10.9. The van der Waals surface area contributed by atoms with E-state index in [-0.39, 0.29) is 17.4 Å². The van der Waals surface area contributed by atoms with Gasteiger partial charge in [0, 0.05) is 49.5 Å². The number of carbonyl (C=O) groups excluding carboxylic acids is 1. The molecule has 0 spiro atoms. The lowest BCUT2D eigenvalue weighted by atomic mass is 9.89. The predicted molar refractivity (Wildman–Crippen MR) is 112 cm³/mol. The van der Waals surface area contributed by atoms with Crippen LogP contribution in [0, 0.1) is 5.82 Å². The summed E-state index contributed by atoms with van der Waals surface area (Å²) in [4.78, 5) is 17.8. The fraction of sp³-hybridized carbons (Fsp3) is 0.565. The second kappa shape index (κ2) is 8.86. The molecule has 162 valence electrons. The Hall–Kier alpha value is -2.25. The first kappa shape index (κ1) is 21.0. The second-order valence-electron chi connectivity index (χ2n) is 8.60. The predicted octanol–water partition coefficient (Wildman–Crippen LogP) is 3.41. The molecule has 2 aromatic rings. The van der Waals surface area contributed by atoms with Gasteiger partial charge in [-0.2, -0.15) is 5.10 Å². The number of nitrogens with one attached hydrogen (secondary N) is 1. The molecule has 2 aliphatic heterocycles. The zero-order valence-electron chi connectivity index (χ0n) is 17.9. The van der Waals surface area contributed by atoms with Gasteiger partial charge in [-0.15, -0.1) is 0 Å². The van der Waals surface area contributed by atoms with E-state index in [4.69, 9.17) is 4.74 Å². The molecule has 4 rings (SSSR count). The monoisotopic (exact) mass is 414 g/mol. The number of amides is 1. The van der Waals surface area contributed by atoms with E-state index < -0.39 is 11.4 Å². The summed E-state index contributed by atoms with van der Waals surface area (Å²) < 4.78 is 20.1. The number of H-pyrrole nitrogens is 1. The number of hydrogen-bond donors (Lipinski definition) is 1. The Morgan fingerprint density at radius 2 is 2.03 bits per heavy atom. The van der Waals surface area contributed by atoms with Crippen LogP contribution in [0.1, 0.15) is 55.3 Å². The van der Waals surface area contributed by atoms with Crippen molar-refractivity contribution in [2.24, 2.45) is 0 Å². The fourth-order valence-corrected chi connectivity index (χ4v) is 4.84. The zero-order chi connectivity index (χ0) is 21.1. The van der Waals surface area contributed by atoms with Gasteiger partial charge in [-0.3, -0.25) is 14.8 Å². The Kier molecular flexibility index (Phi) is 6.20. The van der Waals surface area contributed by atoms with Crippen LogP contribution in [0.4, 0.5) is 4.39 Å². The largest absolute Gasteiger partial charge is 0.364 e. The van der Waals surface area contributed by atoms with Crippen LogP contribution in [0.3, 0.4) is 0 Å². The number of methoxy groups -OCH3 is 1. The van der Waals surface area contributed by atoms with E-state index in [0.29, 0.717) is 13.1 Å². The molecule has 2 aliphatic rings. The summed E-state index contributed by atoms with van der Waals surface area (Å²) in [5.74, 6) is -0.421. The number of rotatable bonds is 6. The summed E-state index contributed by atoms with van der Waals surface area (Å²) in [7, 11) is 1.47. The number of aromatic amines is 1. The van der Waals surface area contributed by atoms with Crippen molar-refractivity contribution >= 4 is 5.91 Å². The molecule has 0 unspecified atom stereocenters. The number of aromatic nitrogens is 2. The summed E-state index contributed by atoms with van der Waals surface area (Å²) >= 11 is 0. The highest BCUT2D eigenvalue weighted by Crippen LogP contribution is 2.34. The second-order valence-corrected chi connectivity index (χ2v) is 8.60. The third-order valence-corrected chi connectivity index (χ3v) is 6.67. The number of carbonyl (C=O) groups is 1. The van der Waals surface area contributed by atoms with E-state index in [0.717, 1.165) is 38.2 Å². The lowest BCUT2D eigenvalue weighted by Gasteiger charge is -2.38. The highest BCUT2D eigenvalue weighted by molar-refractivity contribution is 5.86. The van der Waals surface area contributed by atoms with Crippen molar-refractivity contribution in [2.75, 3.05) is 33.3 Å². The maximum Gasteiger partial charge on any atom is 0.259 e. The summed E-state index contributed by atoms with van der Waals surface area (Å²) in [6, 6.07) is 6.35. The van der Waals surface area contributed by atoms with Gasteiger partial charge in [-0.1, -0.05) is 18.2 Å². The Labute approximate surface area is 177 Å². The molecule has 0 bridgehead atoms. The van der Waals surface area contributed by atoms with Crippen molar-refractivity contribution in [3.05, 3.63) is 53.1 Å². The normalized spacial score (nSPS) is 22.2. The molecule has 0 radical (unpaired) electrons. The van der Waals surface area contributed by atoms with Gasteiger partial charge >= 0.3 is 0 Å². The molecule has 30 heavy (non-hydrogen) atoms. The molecule has 3 heterocycles. The average Bonchev–Trinajstić information content (AvgIpc) is 3.45. The molecule has 2 fully saturated rings. The fourth-order valence-electron chi connectivity index (χ4n) is 4.84. The first-order valence-corrected chi connectivity index (χ1v) is 10.9. The first-order chi connectivity index (χ1) is 14.5. The minimum absolute atomic E-state index is 0.194. The van der Waals surface area contributed by atoms with Crippen LogP contribution in [0.25, 0.3) is 0 Å². The number of hydrogen-bond acceptors (Lipinski definition) is 4. The maximum absolute atomic E-state index is 14.5.